The Hall–Kier alpha value is -1.79. The van der Waals surface area contributed by atoms with E-state index >= 15 is 0 Å². The number of rotatable bonds is 3. The molecule has 3 rings (SSSR count). The Morgan fingerprint density at radius 3 is 2.80 bits per heavy atom. The Bertz CT molecular complexity index is 821. The maximum atomic E-state index is 10.7. The van der Waals surface area contributed by atoms with Crippen LogP contribution in [0.5, 0.6) is 5.95 Å². The quantitative estimate of drug-likeness (QED) is 0.721. The lowest BCUT2D eigenvalue weighted by Gasteiger charge is -2.01. The number of pyridine rings is 1. The molecule has 3 heterocycles. The van der Waals surface area contributed by atoms with Crippen molar-refractivity contribution in [3.8, 4) is 17.4 Å². The number of imidazole rings is 1. The van der Waals surface area contributed by atoms with Gasteiger partial charge in [-0.3, -0.25) is 9.79 Å². The van der Waals surface area contributed by atoms with Gasteiger partial charge < -0.3 is 13.3 Å². The minimum atomic E-state index is -4.64. The largest absolute Gasteiger partial charge is 0.527 e. The van der Waals surface area contributed by atoms with E-state index in [1.54, 1.807) is 28.9 Å². The molecule has 0 aliphatic carbocycles. The number of halogens is 1. The summed E-state index contributed by atoms with van der Waals surface area (Å²) in [6, 6.07) is 6.26. The van der Waals surface area contributed by atoms with Crippen LogP contribution in [0.4, 0.5) is 0 Å². The summed E-state index contributed by atoms with van der Waals surface area (Å²) in [6.45, 7) is 0. The summed E-state index contributed by atoms with van der Waals surface area (Å²) in [4.78, 5) is 21.7. The van der Waals surface area contributed by atoms with Crippen molar-refractivity contribution >= 4 is 25.1 Å². The van der Waals surface area contributed by atoms with Gasteiger partial charge in [-0.1, -0.05) is 11.6 Å². The van der Waals surface area contributed by atoms with Crippen LogP contribution in [-0.2, 0) is 4.57 Å². The van der Waals surface area contributed by atoms with Gasteiger partial charge in [-0.15, -0.1) is 0 Å². The van der Waals surface area contributed by atoms with Crippen LogP contribution in [-0.4, -0.2) is 19.2 Å². The van der Waals surface area contributed by atoms with Gasteiger partial charge in [-0.2, -0.15) is 0 Å². The van der Waals surface area contributed by atoms with E-state index < -0.39 is 7.82 Å². The van der Waals surface area contributed by atoms with E-state index in [1.807, 2.05) is 0 Å². The number of phosphoric acid groups is 1. The first-order chi connectivity index (χ1) is 9.40. The summed E-state index contributed by atoms with van der Waals surface area (Å²) in [6.07, 6.45) is 3.37. The zero-order valence-electron chi connectivity index (χ0n) is 9.80. The normalized spacial score (nSPS) is 11.9. The van der Waals surface area contributed by atoms with E-state index in [1.165, 1.54) is 12.1 Å². The average molecular weight is 315 g/mol. The third-order valence-corrected chi connectivity index (χ3v) is 3.10. The van der Waals surface area contributed by atoms with Gasteiger partial charge in [0.25, 0.3) is 5.95 Å². The van der Waals surface area contributed by atoms with Crippen LogP contribution in [0.2, 0.25) is 5.02 Å². The first kappa shape index (κ1) is 13.2. The minimum Gasteiger partial charge on any atom is -0.424 e. The SMILES string of the molecule is O=P(O)(O)Oc1ccc(-c2cn3cc(Cl)ccc3n2)o1. The molecule has 0 aliphatic heterocycles. The maximum Gasteiger partial charge on any atom is 0.527 e. The highest BCUT2D eigenvalue weighted by molar-refractivity contribution is 7.46. The van der Waals surface area contributed by atoms with Crippen LogP contribution in [0.25, 0.3) is 17.1 Å². The molecule has 20 heavy (non-hydrogen) atoms. The fourth-order valence-electron chi connectivity index (χ4n) is 1.71. The fraction of sp³-hybridized carbons (Fsp3) is 0. The van der Waals surface area contributed by atoms with Gasteiger partial charge in [-0.05, 0) is 18.2 Å². The van der Waals surface area contributed by atoms with Gasteiger partial charge in [0, 0.05) is 18.5 Å². The highest BCUT2D eigenvalue weighted by atomic mass is 35.5. The Morgan fingerprint density at radius 1 is 1.25 bits per heavy atom. The molecule has 0 spiro atoms. The van der Waals surface area contributed by atoms with Crippen molar-refractivity contribution in [1.29, 1.82) is 0 Å². The van der Waals surface area contributed by atoms with Crippen LogP contribution < -0.4 is 4.52 Å². The van der Waals surface area contributed by atoms with Crippen molar-refractivity contribution < 1.29 is 23.3 Å². The molecule has 0 fully saturated rings. The van der Waals surface area contributed by atoms with Crippen molar-refractivity contribution in [3.63, 3.8) is 0 Å². The highest BCUT2D eigenvalue weighted by Gasteiger charge is 2.19. The zero-order chi connectivity index (χ0) is 14.3. The van der Waals surface area contributed by atoms with Crippen LogP contribution in [0.1, 0.15) is 0 Å². The molecule has 3 aromatic rings. The summed E-state index contributed by atoms with van der Waals surface area (Å²) in [7, 11) is -4.64. The number of fused-ring (bicyclic) bond motifs is 1. The molecule has 0 saturated heterocycles. The molecule has 104 valence electrons. The molecule has 0 radical (unpaired) electrons. The Kier molecular flexibility index (Phi) is 3.07. The second-order valence-electron chi connectivity index (χ2n) is 3.94. The minimum absolute atomic E-state index is 0.275. The monoisotopic (exact) mass is 314 g/mol. The first-order valence-electron chi connectivity index (χ1n) is 5.40. The third-order valence-electron chi connectivity index (χ3n) is 2.46. The molecule has 3 aromatic heterocycles. The summed E-state index contributed by atoms with van der Waals surface area (Å²) < 4.78 is 21.9. The average Bonchev–Trinajstić information content (AvgIpc) is 2.92. The molecular formula is C11H8ClN2O5P. The van der Waals surface area contributed by atoms with E-state index in [9.17, 15) is 4.57 Å². The van der Waals surface area contributed by atoms with E-state index in [4.69, 9.17) is 25.8 Å². The standard InChI is InChI=1S/C11H8ClN2O5P/c12-7-1-3-10-13-8(6-14(10)5-7)9-2-4-11(18-9)19-20(15,16)17/h1-6H,(H2,15,16,17). The maximum absolute atomic E-state index is 10.7. The van der Waals surface area contributed by atoms with Crippen LogP contribution in [0.15, 0.2) is 41.1 Å². The van der Waals surface area contributed by atoms with Crippen LogP contribution in [0.3, 0.4) is 0 Å². The van der Waals surface area contributed by atoms with Gasteiger partial charge in [0.2, 0.25) is 0 Å². The molecule has 0 atom stereocenters. The van der Waals surface area contributed by atoms with Gasteiger partial charge in [-0.25, -0.2) is 9.55 Å². The smallest absolute Gasteiger partial charge is 0.424 e. The third kappa shape index (κ3) is 2.71. The lowest BCUT2D eigenvalue weighted by atomic mass is 10.4. The topological polar surface area (TPSA) is 97.2 Å². The molecule has 2 N–H and O–H groups in total. The second-order valence-corrected chi connectivity index (χ2v) is 5.54. The van der Waals surface area contributed by atoms with Crippen molar-refractivity contribution in [2.45, 2.75) is 0 Å². The molecule has 0 saturated carbocycles. The van der Waals surface area contributed by atoms with Gasteiger partial charge in [0.05, 0.1) is 5.02 Å². The van der Waals surface area contributed by atoms with E-state index in [0.717, 1.165) is 0 Å². The molecule has 0 unspecified atom stereocenters. The van der Waals surface area contributed by atoms with Crippen molar-refractivity contribution in [1.82, 2.24) is 9.38 Å². The lowest BCUT2D eigenvalue weighted by Crippen LogP contribution is -1.87. The number of nitrogens with zero attached hydrogens (tertiary/aromatic N) is 2. The van der Waals surface area contributed by atoms with Gasteiger partial charge >= 0.3 is 7.82 Å². The summed E-state index contributed by atoms with van der Waals surface area (Å²) in [5.41, 5.74) is 1.16. The van der Waals surface area contributed by atoms with E-state index in [2.05, 4.69) is 9.51 Å². The summed E-state index contributed by atoms with van der Waals surface area (Å²) in [5, 5.41) is 0.561. The zero-order valence-corrected chi connectivity index (χ0v) is 11.5. The van der Waals surface area contributed by atoms with Crippen LogP contribution >= 0.6 is 19.4 Å². The summed E-state index contributed by atoms with van der Waals surface area (Å²) >= 11 is 5.87. The summed E-state index contributed by atoms with van der Waals surface area (Å²) in [5.74, 6) is 0.0525. The van der Waals surface area contributed by atoms with Gasteiger partial charge in [0.15, 0.2) is 5.76 Å². The number of hydrogen-bond donors (Lipinski definition) is 2. The Balaban J connectivity index is 1.97. The number of aromatic nitrogens is 2. The number of hydrogen-bond acceptors (Lipinski definition) is 4. The first-order valence-corrected chi connectivity index (χ1v) is 7.31. The van der Waals surface area contributed by atoms with Crippen molar-refractivity contribution in [2.24, 2.45) is 0 Å². The second kappa shape index (κ2) is 4.64. The van der Waals surface area contributed by atoms with Gasteiger partial charge in [0.1, 0.15) is 11.3 Å². The molecule has 0 amide bonds. The van der Waals surface area contributed by atoms with Crippen molar-refractivity contribution in [3.05, 3.63) is 41.7 Å². The molecular weight excluding hydrogens is 307 g/mol. The van der Waals surface area contributed by atoms with E-state index in [0.29, 0.717) is 22.1 Å². The van der Waals surface area contributed by atoms with Crippen molar-refractivity contribution in [2.75, 3.05) is 0 Å². The van der Waals surface area contributed by atoms with E-state index in [-0.39, 0.29) is 5.95 Å². The molecule has 0 aliphatic rings. The number of furan rings is 1. The molecule has 0 aromatic carbocycles. The Morgan fingerprint density at radius 2 is 2.05 bits per heavy atom. The highest BCUT2D eigenvalue weighted by Crippen LogP contribution is 2.39. The molecule has 9 heteroatoms. The Labute approximate surface area is 117 Å². The van der Waals surface area contributed by atoms with Crippen LogP contribution in [0, 0.1) is 0 Å². The molecule has 0 bridgehead atoms. The predicted molar refractivity (Wildman–Crippen MR) is 70.6 cm³/mol. The fourth-order valence-corrected chi connectivity index (χ4v) is 2.21. The molecule has 7 nitrogen and oxygen atoms in total. The number of phosphoric ester groups is 1. The predicted octanol–water partition coefficient (Wildman–Crippen LogP) is 2.72. The lowest BCUT2D eigenvalue weighted by molar-refractivity contribution is 0.256.